The number of hydrogen-bond acceptors (Lipinski definition) is 1. The Hall–Kier alpha value is -1.47. The van der Waals surface area contributed by atoms with Crippen molar-refractivity contribution < 1.29 is 0 Å². The summed E-state index contributed by atoms with van der Waals surface area (Å²) in [5, 5.41) is 13.1. The minimum absolute atomic E-state index is 0.107. The summed E-state index contributed by atoms with van der Waals surface area (Å²) in [6, 6.07) is 18.0. The first-order chi connectivity index (χ1) is 9.22. The molecule has 2 aromatic rings. The first-order valence-corrected chi connectivity index (χ1v) is 7.04. The standard InChI is InChI=1S/C16H16NOP/c18-17(12-6-11-16(17)19)15-10-5-4-9-14(15)13-7-2-1-3-8-13/h1-11,16H,12,19H2. The molecule has 3 heteroatoms. The van der Waals surface area contributed by atoms with Crippen LogP contribution in [0.5, 0.6) is 0 Å². The Morgan fingerprint density at radius 2 is 1.68 bits per heavy atom. The summed E-state index contributed by atoms with van der Waals surface area (Å²) in [5.41, 5.74) is 2.95. The normalized spacial score (nSPS) is 25.7. The van der Waals surface area contributed by atoms with Crippen molar-refractivity contribution in [2.24, 2.45) is 0 Å². The lowest BCUT2D eigenvalue weighted by atomic mass is 10.0. The summed E-state index contributed by atoms with van der Waals surface area (Å²) in [4.78, 5) is 0. The number of nitrogens with zero attached hydrogens (tertiary/aromatic N) is 1. The average molecular weight is 269 g/mol. The molecule has 0 N–H and O–H groups in total. The molecular formula is C16H16NOP. The fourth-order valence-electron chi connectivity index (χ4n) is 2.54. The van der Waals surface area contributed by atoms with Gasteiger partial charge in [-0.15, -0.1) is 0 Å². The molecule has 3 rings (SSSR count). The van der Waals surface area contributed by atoms with Gasteiger partial charge in [-0.25, -0.2) is 0 Å². The third-order valence-corrected chi connectivity index (χ3v) is 4.29. The highest BCUT2D eigenvalue weighted by Gasteiger charge is 2.31. The minimum atomic E-state index is -0.324. The number of hydroxylamine groups is 2. The van der Waals surface area contributed by atoms with Crippen LogP contribution >= 0.6 is 9.24 Å². The SMILES string of the molecule is [O-][N+]1(c2ccccc2-c2ccccc2)CC=CC1P. The van der Waals surface area contributed by atoms with Crippen LogP contribution in [0.2, 0.25) is 0 Å². The fourth-order valence-corrected chi connectivity index (χ4v) is 2.98. The Kier molecular flexibility index (Phi) is 3.24. The van der Waals surface area contributed by atoms with Crippen molar-refractivity contribution in [2.45, 2.75) is 5.78 Å². The molecule has 0 radical (unpaired) electrons. The number of para-hydroxylation sites is 1. The molecule has 1 aliphatic rings. The monoisotopic (exact) mass is 269 g/mol. The third-order valence-electron chi connectivity index (χ3n) is 3.59. The van der Waals surface area contributed by atoms with E-state index >= 15 is 0 Å². The van der Waals surface area contributed by atoms with Gasteiger partial charge in [0.25, 0.3) is 0 Å². The topological polar surface area (TPSA) is 23.1 Å². The van der Waals surface area contributed by atoms with Crippen LogP contribution in [-0.2, 0) is 0 Å². The largest absolute Gasteiger partial charge is 0.626 e. The molecule has 0 saturated carbocycles. The van der Waals surface area contributed by atoms with Gasteiger partial charge >= 0.3 is 0 Å². The lowest BCUT2D eigenvalue weighted by Crippen LogP contribution is -2.45. The number of rotatable bonds is 2. The molecule has 3 atom stereocenters. The van der Waals surface area contributed by atoms with Crippen LogP contribution < -0.4 is 4.65 Å². The van der Waals surface area contributed by atoms with Gasteiger partial charge in [-0.2, -0.15) is 0 Å². The Morgan fingerprint density at radius 1 is 1.00 bits per heavy atom. The van der Waals surface area contributed by atoms with Crippen LogP contribution in [0.3, 0.4) is 0 Å². The van der Waals surface area contributed by atoms with Crippen molar-refractivity contribution in [1.29, 1.82) is 0 Å². The zero-order valence-corrected chi connectivity index (χ0v) is 11.7. The molecule has 1 heterocycles. The van der Waals surface area contributed by atoms with Crippen molar-refractivity contribution in [3.05, 3.63) is 72.0 Å². The summed E-state index contributed by atoms with van der Waals surface area (Å²) in [7, 11) is 2.65. The predicted octanol–water partition coefficient (Wildman–Crippen LogP) is 3.93. The van der Waals surface area contributed by atoms with Crippen LogP contribution in [0.15, 0.2) is 66.7 Å². The molecule has 0 fully saturated rings. The van der Waals surface area contributed by atoms with Gasteiger partial charge in [0, 0.05) is 11.6 Å². The lowest BCUT2D eigenvalue weighted by molar-refractivity contribution is 0.447. The lowest BCUT2D eigenvalue weighted by Gasteiger charge is -2.43. The Morgan fingerprint density at radius 3 is 2.37 bits per heavy atom. The Labute approximate surface area is 115 Å². The van der Waals surface area contributed by atoms with E-state index in [1.54, 1.807) is 0 Å². The third kappa shape index (κ3) is 2.12. The highest BCUT2D eigenvalue weighted by molar-refractivity contribution is 7.18. The van der Waals surface area contributed by atoms with Gasteiger partial charge in [0.2, 0.25) is 0 Å². The molecule has 2 aromatic carbocycles. The second-order valence-corrected chi connectivity index (χ2v) is 5.46. The van der Waals surface area contributed by atoms with Crippen molar-refractivity contribution >= 4 is 14.9 Å². The molecule has 1 aliphatic heterocycles. The molecule has 19 heavy (non-hydrogen) atoms. The van der Waals surface area contributed by atoms with Crippen LogP contribution in [0.25, 0.3) is 11.1 Å². The molecule has 0 aromatic heterocycles. The van der Waals surface area contributed by atoms with Crippen LogP contribution in [0.4, 0.5) is 5.69 Å². The van der Waals surface area contributed by atoms with Crippen molar-refractivity contribution in [1.82, 2.24) is 4.65 Å². The summed E-state index contributed by atoms with van der Waals surface area (Å²) in [6.45, 7) is 0.498. The van der Waals surface area contributed by atoms with E-state index in [-0.39, 0.29) is 10.4 Å². The molecule has 0 bridgehead atoms. The quantitative estimate of drug-likeness (QED) is 0.350. The van der Waals surface area contributed by atoms with Crippen molar-refractivity contribution in [3.8, 4) is 11.1 Å². The molecule has 2 nitrogen and oxygen atoms in total. The second kappa shape index (κ2) is 4.90. The van der Waals surface area contributed by atoms with Gasteiger partial charge in [0.05, 0.1) is 0 Å². The second-order valence-electron chi connectivity index (χ2n) is 4.78. The summed E-state index contributed by atoms with van der Waals surface area (Å²) in [6.07, 6.45) is 3.94. The van der Waals surface area contributed by atoms with Gasteiger partial charge in [-0.1, -0.05) is 51.7 Å². The summed E-state index contributed by atoms with van der Waals surface area (Å²) < 4.78 is -0.324. The van der Waals surface area contributed by atoms with Crippen molar-refractivity contribution in [2.75, 3.05) is 6.54 Å². The van der Waals surface area contributed by atoms with E-state index in [9.17, 15) is 5.21 Å². The van der Waals surface area contributed by atoms with Gasteiger partial charge in [0.1, 0.15) is 18.0 Å². The molecule has 0 spiro atoms. The fraction of sp³-hybridized carbons (Fsp3) is 0.125. The molecule has 0 saturated heterocycles. The van der Waals surface area contributed by atoms with Gasteiger partial charge in [0.15, 0.2) is 0 Å². The minimum Gasteiger partial charge on any atom is -0.626 e. The number of quaternary nitrogens is 1. The van der Waals surface area contributed by atoms with Gasteiger partial charge in [-0.3, -0.25) is 0 Å². The zero-order valence-electron chi connectivity index (χ0n) is 10.6. The maximum atomic E-state index is 13.1. The zero-order chi connectivity index (χ0) is 13.3. The highest BCUT2D eigenvalue weighted by Crippen LogP contribution is 2.39. The molecule has 96 valence electrons. The molecule has 3 unspecified atom stereocenters. The Bertz CT molecular complexity index is 611. The van der Waals surface area contributed by atoms with Crippen LogP contribution in [0, 0.1) is 5.21 Å². The first kappa shape index (κ1) is 12.6. The number of hydrogen-bond donors (Lipinski definition) is 0. The van der Waals surface area contributed by atoms with E-state index in [0.29, 0.717) is 6.54 Å². The summed E-state index contributed by atoms with van der Waals surface area (Å²) >= 11 is 0. The summed E-state index contributed by atoms with van der Waals surface area (Å²) in [5.74, 6) is -0.107. The van der Waals surface area contributed by atoms with E-state index in [1.807, 2.05) is 66.7 Å². The highest BCUT2D eigenvalue weighted by atomic mass is 31.0. The van der Waals surface area contributed by atoms with Gasteiger partial charge in [-0.05, 0) is 23.8 Å². The van der Waals surface area contributed by atoms with E-state index in [2.05, 4.69) is 9.24 Å². The van der Waals surface area contributed by atoms with E-state index in [1.165, 1.54) is 0 Å². The maximum absolute atomic E-state index is 13.1. The first-order valence-electron chi connectivity index (χ1n) is 6.38. The number of benzene rings is 2. The smallest absolute Gasteiger partial charge is 0.141 e. The average Bonchev–Trinajstić information content (AvgIpc) is 2.81. The Balaban J connectivity index is 2.14. The van der Waals surface area contributed by atoms with E-state index in [0.717, 1.165) is 16.8 Å². The predicted molar refractivity (Wildman–Crippen MR) is 84.5 cm³/mol. The van der Waals surface area contributed by atoms with Crippen molar-refractivity contribution in [3.63, 3.8) is 0 Å². The maximum Gasteiger partial charge on any atom is 0.141 e. The van der Waals surface area contributed by atoms with Crippen LogP contribution in [0.1, 0.15) is 0 Å². The van der Waals surface area contributed by atoms with E-state index in [4.69, 9.17) is 0 Å². The molecule has 0 aliphatic carbocycles. The van der Waals surface area contributed by atoms with Crippen LogP contribution in [-0.4, -0.2) is 12.3 Å². The molecular weight excluding hydrogens is 253 g/mol. The molecule has 0 amide bonds. The van der Waals surface area contributed by atoms with E-state index < -0.39 is 0 Å². The van der Waals surface area contributed by atoms with Gasteiger partial charge < -0.3 is 9.85 Å².